The molecule has 0 atom stereocenters. The topological polar surface area (TPSA) is 86.7 Å². The lowest BCUT2D eigenvalue weighted by Crippen LogP contribution is -2.06. The number of carboxylic acid groups (broad SMARTS) is 1. The summed E-state index contributed by atoms with van der Waals surface area (Å²) in [5, 5.41) is 14.5. The van der Waals surface area contributed by atoms with Crippen molar-refractivity contribution in [2.24, 2.45) is 0 Å². The lowest BCUT2D eigenvalue weighted by atomic mass is 10.1. The number of fused-ring (bicyclic) bond motifs is 1. The molecule has 0 unspecified atom stereocenters. The molecule has 2 heterocycles. The Balaban J connectivity index is 1.32. The zero-order valence-corrected chi connectivity index (χ0v) is 23.2. The van der Waals surface area contributed by atoms with E-state index >= 15 is 0 Å². The number of carboxylic acids is 1. The Morgan fingerprint density at radius 2 is 1.82 bits per heavy atom. The first-order valence-electron chi connectivity index (χ1n) is 12.5. The van der Waals surface area contributed by atoms with Crippen LogP contribution in [0.15, 0.2) is 71.4 Å². The Kier molecular flexibility index (Phi) is 8.00. The van der Waals surface area contributed by atoms with E-state index in [1.54, 1.807) is 18.2 Å². The fourth-order valence-corrected chi connectivity index (χ4v) is 5.02. The van der Waals surface area contributed by atoms with Crippen molar-refractivity contribution in [3.8, 4) is 11.5 Å². The van der Waals surface area contributed by atoms with Gasteiger partial charge in [0.05, 0.1) is 21.2 Å². The SMILES string of the molecule is CC(C)c1onc(COc2c(Cl)cc(F)cc2Cl)c1COc1ccc2c(ccn2Cc2cccc(C(=O)O)c2)c1. The molecule has 0 spiro atoms. The number of carbonyl (C=O) groups is 1. The number of hydrogen-bond acceptors (Lipinski definition) is 5. The first-order valence-corrected chi connectivity index (χ1v) is 13.2. The first-order chi connectivity index (χ1) is 19.2. The molecule has 0 amide bonds. The second kappa shape index (κ2) is 11.6. The van der Waals surface area contributed by atoms with Crippen LogP contribution in [0.4, 0.5) is 4.39 Å². The predicted octanol–water partition coefficient (Wildman–Crippen LogP) is 8.10. The number of benzene rings is 3. The third-order valence-electron chi connectivity index (χ3n) is 6.39. The molecule has 40 heavy (non-hydrogen) atoms. The molecule has 0 saturated heterocycles. The van der Waals surface area contributed by atoms with Gasteiger partial charge in [-0.2, -0.15) is 0 Å². The van der Waals surface area contributed by atoms with E-state index in [-0.39, 0.29) is 40.5 Å². The van der Waals surface area contributed by atoms with Gasteiger partial charge in [-0.3, -0.25) is 0 Å². The van der Waals surface area contributed by atoms with E-state index in [4.69, 9.17) is 37.2 Å². The summed E-state index contributed by atoms with van der Waals surface area (Å²) < 4.78 is 33.1. The Morgan fingerprint density at radius 1 is 1.05 bits per heavy atom. The van der Waals surface area contributed by atoms with Crippen molar-refractivity contribution in [1.82, 2.24) is 9.72 Å². The minimum Gasteiger partial charge on any atom is -0.489 e. The van der Waals surface area contributed by atoms with Crippen LogP contribution in [-0.2, 0) is 19.8 Å². The summed E-state index contributed by atoms with van der Waals surface area (Å²) in [6, 6.07) is 16.9. The number of ether oxygens (including phenoxy) is 2. The van der Waals surface area contributed by atoms with E-state index in [9.17, 15) is 14.3 Å². The summed E-state index contributed by atoms with van der Waals surface area (Å²) >= 11 is 12.2. The number of nitrogens with zero attached hydrogens (tertiary/aromatic N) is 2. The van der Waals surface area contributed by atoms with Gasteiger partial charge in [-0.1, -0.05) is 54.3 Å². The quantitative estimate of drug-likeness (QED) is 0.179. The molecule has 3 aromatic carbocycles. The number of aromatic nitrogens is 2. The number of hydrogen-bond donors (Lipinski definition) is 1. The highest BCUT2D eigenvalue weighted by molar-refractivity contribution is 6.37. The van der Waals surface area contributed by atoms with Crippen LogP contribution in [0.2, 0.25) is 10.0 Å². The molecule has 5 aromatic rings. The van der Waals surface area contributed by atoms with Gasteiger partial charge < -0.3 is 23.7 Å². The average molecular weight is 583 g/mol. The van der Waals surface area contributed by atoms with E-state index < -0.39 is 11.8 Å². The number of rotatable bonds is 10. The highest BCUT2D eigenvalue weighted by Gasteiger charge is 2.21. The van der Waals surface area contributed by atoms with Gasteiger partial charge in [0.2, 0.25) is 0 Å². The van der Waals surface area contributed by atoms with Crippen molar-refractivity contribution < 1.29 is 28.3 Å². The van der Waals surface area contributed by atoms with Crippen LogP contribution < -0.4 is 9.47 Å². The van der Waals surface area contributed by atoms with Gasteiger partial charge >= 0.3 is 5.97 Å². The third kappa shape index (κ3) is 5.93. The Hall–Kier alpha value is -4.01. The Morgan fingerprint density at radius 3 is 2.55 bits per heavy atom. The monoisotopic (exact) mass is 582 g/mol. The van der Waals surface area contributed by atoms with E-state index in [0.29, 0.717) is 23.7 Å². The summed E-state index contributed by atoms with van der Waals surface area (Å²) in [5.41, 5.74) is 3.41. The lowest BCUT2D eigenvalue weighted by Gasteiger charge is -2.12. The standard InChI is InChI=1S/C30H25Cl2FN2O5/c1-17(2)28-23(26(34-40-28)16-39-29-24(31)12-21(33)13-25(29)32)15-38-22-6-7-27-19(11-22)8-9-35(27)14-18-4-3-5-20(10-18)30(36)37/h3-13,17H,14-16H2,1-2H3,(H,36,37). The maximum Gasteiger partial charge on any atom is 0.335 e. The predicted molar refractivity (Wildman–Crippen MR) is 150 cm³/mol. The summed E-state index contributed by atoms with van der Waals surface area (Å²) in [7, 11) is 0. The van der Waals surface area contributed by atoms with E-state index in [0.717, 1.165) is 34.2 Å². The Labute approximate surface area is 239 Å². The lowest BCUT2D eigenvalue weighted by molar-refractivity contribution is 0.0696. The van der Waals surface area contributed by atoms with Gasteiger partial charge in [0.25, 0.3) is 0 Å². The fraction of sp³-hybridized carbons (Fsp3) is 0.200. The van der Waals surface area contributed by atoms with Gasteiger partial charge in [-0.05, 0) is 54.1 Å². The summed E-state index contributed by atoms with van der Waals surface area (Å²) in [5.74, 6) is 0.0347. The van der Waals surface area contributed by atoms with Gasteiger partial charge in [0.15, 0.2) is 5.75 Å². The minimum absolute atomic E-state index is 0.00491. The van der Waals surface area contributed by atoms with Crippen molar-refractivity contribution in [2.75, 3.05) is 0 Å². The molecule has 206 valence electrons. The molecule has 0 bridgehead atoms. The molecule has 0 radical (unpaired) electrons. The maximum absolute atomic E-state index is 13.5. The van der Waals surface area contributed by atoms with Gasteiger partial charge in [-0.25, -0.2) is 9.18 Å². The largest absolute Gasteiger partial charge is 0.489 e. The van der Waals surface area contributed by atoms with Gasteiger partial charge in [0.1, 0.15) is 36.2 Å². The Bertz CT molecular complexity index is 1670. The molecule has 5 rings (SSSR count). The zero-order valence-electron chi connectivity index (χ0n) is 21.7. The van der Waals surface area contributed by atoms with E-state index in [1.165, 1.54) is 0 Å². The zero-order chi connectivity index (χ0) is 28.4. The third-order valence-corrected chi connectivity index (χ3v) is 6.95. The van der Waals surface area contributed by atoms with Crippen molar-refractivity contribution in [3.05, 3.63) is 111 Å². The second-order valence-corrected chi connectivity index (χ2v) is 10.4. The molecule has 0 saturated carbocycles. The molecule has 7 nitrogen and oxygen atoms in total. The highest BCUT2D eigenvalue weighted by atomic mass is 35.5. The molecule has 1 N–H and O–H groups in total. The van der Waals surface area contributed by atoms with Crippen LogP contribution in [0.5, 0.6) is 11.5 Å². The van der Waals surface area contributed by atoms with Crippen LogP contribution in [0.25, 0.3) is 10.9 Å². The summed E-state index contributed by atoms with van der Waals surface area (Å²) in [6.45, 7) is 4.71. The smallest absolute Gasteiger partial charge is 0.335 e. The molecule has 2 aromatic heterocycles. The normalized spacial score (nSPS) is 11.3. The average Bonchev–Trinajstić information content (AvgIpc) is 3.50. The van der Waals surface area contributed by atoms with Gasteiger partial charge in [-0.15, -0.1) is 0 Å². The van der Waals surface area contributed by atoms with Crippen LogP contribution in [0.3, 0.4) is 0 Å². The maximum atomic E-state index is 13.5. The number of halogens is 3. The molecular weight excluding hydrogens is 558 g/mol. The second-order valence-electron chi connectivity index (χ2n) is 9.57. The molecule has 0 aliphatic rings. The van der Waals surface area contributed by atoms with Crippen LogP contribution in [0.1, 0.15) is 52.7 Å². The van der Waals surface area contributed by atoms with Crippen molar-refractivity contribution in [1.29, 1.82) is 0 Å². The van der Waals surface area contributed by atoms with Crippen LogP contribution in [0, 0.1) is 5.82 Å². The molecule has 0 aliphatic carbocycles. The van der Waals surface area contributed by atoms with Crippen LogP contribution >= 0.6 is 23.2 Å². The van der Waals surface area contributed by atoms with E-state index in [1.807, 2.05) is 50.4 Å². The fourth-order valence-electron chi connectivity index (χ4n) is 4.45. The molecular formula is C30H25Cl2FN2O5. The van der Waals surface area contributed by atoms with E-state index in [2.05, 4.69) is 9.72 Å². The van der Waals surface area contributed by atoms with Crippen molar-refractivity contribution in [3.63, 3.8) is 0 Å². The molecule has 10 heteroatoms. The molecule has 0 fully saturated rings. The minimum atomic E-state index is -0.952. The summed E-state index contributed by atoms with van der Waals surface area (Å²) in [4.78, 5) is 11.3. The number of aromatic carboxylic acids is 1. The highest BCUT2D eigenvalue weighted by Crippen LogP contribution is 2.35. The molecule has 0 aliphatic heterocycles. The first kappa shape index (κ1) is 27.6. The van der Waals surface area contributed by atoms with Crippen molar-refractivity contribution >= 4 is 40.1 Å². The summed E-state index contributed by atoms with van der Waals surface area (Å²) in [6.07, 6.45) is 1.96. The van der Waals surface area contributed by atoms with Crippen molar-refractivity contribution in [2.45, 2.75) is 39.5 Å². The van der Waals surface area contributed by atoms with Crippen LogP contribution in [-0.4, -0.2) is 20.8 Å². The van der Waals surface area contributed by atoms with Gasteiger partial charge in [0, 0.05) is 29.6 Å².